The summed E-state index contributed by atoms with van der Waals surface area (Å²) in [6.45, 7) is 1.75. The summed E-state index contributed by atoms with van der Waals surface area (Å²) in [6, 6.07) is 11.6. The number of methoxy groups -OCH3 is 3. The van der Waals surface area contributed by atoms with E-state index in [2.05, 4.69) is 4.99 Å². The van der Waals surface area contributed by atoms with E-state index in [1.54, 1.807) is 55.5 Å². The highest BCUT2D eigenvalue weighted by molar-refractivity contribution is 8.18. The molecular weight excluding hydrogens is 446 g/mol. The van der Waals surface area contributed by atoms with Crippen LogP contribution in [-0.2, 0) is 9.53 Å². The van der Waals surface area contributed by atoms with Crippen molar-refractivity contribution in [1.29, 1.82) is 0 Å². The summed E-state index contributed by atoms with van der Waals surface area (Å²) >= 11 is 0.983. The lowest BCUT2D eigenvalue weighted by atomic mass is 10.1. The molecule has 0 spiro atoms. The second-order valence-corrected chi connectivity index (χ2v) is 7.64. The first kappa shape index (κ1) is 23.9. The van der Waals surface area contributed by atoms with Gasteiger partial charge in [-0.05, 0) is 55.5 Å². The maximum atomic E-state index is 12.7. The predicted molar refractivity (Wildman–Crippen MR) is 126 cm³/mol. The molecule has 2 aromatic carbocycles. The number of thioether (sulfide) groups is 1. The van der Waals surface area contributed by atoms with Gasteiger partial charge >= 0.3 is 5.97 Å². The zero-order valence-electron chi connectivity index (χ0n) is 18.6. The highest BCUT2D eigenvalue weighted by atomic mass is 32.2. The molecule has 0 saturated heterocycles. The van der Waals surface area contributed by atoms with Crippen LogP contribution in [-0.4, -0.2) is 50.0 Å². The Hall–Kier alpha value is -3.72. The Morgan fingerprint density at radius 1 is 1.00 bits per heavy atom. The Bertz CT molecular complexity index is 1150. The highest BCUT2D eigenvalue weighted by Gasteiger charge is 2.34. The zero-order valence-corrected chi connectivity index (χ0v) is 19.4. The first-order valence-corrected chi connectivity index (χ1v) is 10.7. The minimum absolute atomic E-state index is 0.0416. The van der Waals surface area contributed by atoms with Crippen LogP contribution in [0.25, 0.3) is 6.08 Å². The van der Waals surface area contributed by atoms with Gasteiger partial charge in [0.25, 0.3) is 5.91 Å². The largest absolute Gasteiger partial charge is 0.506 e. The van der Waals surface area contributed by atoms with Gasteiger partial charge in [-0.2, -0.15) is 0 Å². The van der Waals surface area contributed by atoms with Crippen molar-refractivity contribution in [2.24, 2.45) is 4.99 Å². The zero-order chi connectivity index (χ0) is 24.0. The highest BCUT2D eigenvalue weighted by Crippen LogP contribution is 2.40. The van der Waals surface area contributed by atoms with Gasteiger partial charge in [-0.3, -0.25) is 4.79 Å². The Morgan fingerprint density at radius 2 is 1.67 bits per heavy atom. The monoisotopic (exact) mass is 469 g/mol. The number of esters is 1. The van der Waals surface area contributed by atoms with Gasteiger partial charge in [-0.1, -0.05) is 11.8 Å². The number of aliphatic hydroxyl groups excluding tert-OH is 1. The third-order valence-corrected chi connectivity index (χ3v) is 5.65. The third kappa shape index (κ3) is 5.38. The molecule has 0 atom stereocenters. The third-order valence-electron chi connectivity index (χ3n) is 4.63. The molecule has 1 aliphatic heterocycles. The number of carbonyl (C=O) groups is 2. The Balaban J connectivity index is 2.04. The van der Waals surface area contributed by atoms with Gasteiger partial charge in [0.05, 0.1) is 32.8 Å². The molecule has 1 heterocycles. The van der Waals surface area contributed by atoms with Crippen molar-refractivity contribution in [3.05, 3.63) is 69.8 Å². The molecule has 1 aliphatic rings. The molecule has 8 nitrogen and oxygen atoms in total. The number of aliphatic hydroxyl groups is 1. The number of ether oxygens (including phenoxy) is 4. The van der Waals surface area contributed by atoms with Crippen LogP contribution in [0, 0.1) is 0 Å². The van der Waals surface area contributed by atoms with E-state index in [-0.39, 0.29) is 23.0 Å². The van der Waals surface area contributed by atoms with E-state index >= 15 is 0 Å². The maximum absolute atomic E-state index is 12.7. The van der Waals surface area contributed by atoms with Crippen LogP contribution >= 0.6 is 11.8 Å². The summed E-state index contributed by atoms with van der Waals surface area (Å²) in [4.78, 5) is 29.7. The number of nitrogens with zero attached hydrogens (tertiary/aromatic N) is 1. The number of carbonyl (C=O) groups excluding carboxylic acids is 2. The molecule has 0 radical (unpaired) electrons. The maximum Gasteiger partial charge on any atom is 0.344 e. The Morgan fingerprint density at radius 3 is 2.27 bits per heavy atom. The number of hydrogen-bond donors (Lipinski definition) is 1. The standard InChI is InChI=1S/C24H23NO7S/c1-5-32-24(28)20-21(26)19(13-15-12-17(30-3)10-11-18(15)31-4)33-23(20)25-22(27)14-6-8-16(29-2)9-7-14/h6-13,26H,5H2,1-4H3. The van der Waals surface area contributed by atoms with Gasteiger partial charge < -0.3 is 24.1 Å². The number of rotatable bonds is 7. The number of aliphatic imine (C=N–C) groups is 1. The van der Waals surface area contributed by atoms with E-state index in [9.17, 15) is 14.7 Å². The van der Waals surface area contributed by atoms with E-state index in [0.29, 0.717) is 33.3 Å². The van der Waals surface area contributed by atoms with Crippen LogP contribution in [0.3, 0.4) is 0 Å². The van der Waals surface area contributed by atoms with E-state index in [1.807, 2.05) is 0 Å². The van der Waals surface area contributed by atoms with Gasteiger partial charge in [-0.25, -0.2) is 9.79 Å². The van der Waals surface area contributed by atoms with E-state index in [4.69, 9.17) is 18.9 Å². The van der Waals surface area contributed by atoms with E-state index < -0.39 is 11.9 Å². The molecule has 0 unspecified atom stereocenters. The Labute approximate surface area is 195 Å². The fourth-order valence-electron chi connectivity index (χ4n) is 2.98. The predicted octanol–water partition coefficient (Wildman–Crippen LogP) is 4.41. The van der Waals surface area contributed by atoms with Crippen molar-refractivity contribution in [3.8, 4) is 17.2 Å². The van der Waals surface area contributed by atoms with Crippen LogP contribution in [0.15, 0.2) is 63.7 Å². The molecule has 33 heavy (non-hydrogen) atoms. The summed E-state index contributed by atoms with van der Waals surface area (Å²) in [5.41, 5.74) is 0.743. The smallest absolute Gasteiger partial charge is 0.344 e. The molecule has 0 aromatic heterocycles. The first-order valence-electron chi connectivity index (χ1n) is 9.91. The molecule has 0 aliphatic carbocycles. The molecule has 2 aromatic rings. The molecule has 172 valence electrons. The molecule has 3 rings (SSSR count). The summed E-state index contributed by atoms with van der Waals surface area (Å²) in [5, 5.41) is 10.9. The van der Waals surface area contributed by atoms with Crippen LogP contribution in [0.5, 0.6) is 17.2 Å². The van der Waals surface area contributed by atoms with Crippen molar-refractivity contribution in [1.82, 2.24) is 0 Å². The Kier molecular flexibility index (Phi) is 7.78. The van der Waals surface area contributed by atoms with Crippen molar-refractivity contribution < 1.29 is 33.6 Å². The topological polar surface area (TPSA) is 104 Å². The van der Waals surface area contributed by atoms with Crippen molar-refractivity contribution in [3.63, 3.8) is 0 Å². The SMILES string of the molecule is CCOC(=O)C1=C(O)C(=Cc2cc(OC)ccc2OC)SC1=NC(=O)c1ccc(OC)cc1. The normalized spacial score (nSPS) is 15.6. The summed E-state index contributed by atoms with van der Waals surface area (Å²) in [5.74, 6) is 0.0402. The van der Waals surface area contributed by atoms with E-state index in [1.165, 1.54) is 21.3 Å². The lowest BCUT2D eigenvalue weighted by Crippen LogP contribution is -2.14. The minimum atomic E-state index is -0.773. The van der Waals surface area contributed by atoms with Crippen molar-refractivity contribution in [2.45, 2.75) is 6.92 Å². The number of amides is 1. The number of hydrogen-bond acceptors (Lipinski definition) is 8. The first-order chi connectivity index (χ1) is 15.9. The van der Waals surface area contributed by atoms with Crippen LogP contribution < -0.4 is 14.2 Å². The van der Waals surface area contributed by atoms with Gasteiger partial charge in [0.2, 0.25) is 0 Å². The molecular formula is C24H23NO7S. The second-order valence-electron chi connectivity index (χ2n) is 6.61. The van der Waals surface area contributed by atoms with Crippen LogP contribution in [0.2, 0.25) is 0 Å². The van der Waals surface area contributed by atoms with E-state index in [0.717, 1.165) is 11.8 Å². The molecule has 0 saturated carbocycles. The van der Waals surface area contributed by atoms with Crippen LogP contribution in [0.1, 0.15) is 22.8 Å². The molecule has 1 amide bonds. The molecule has 0 fully saturated rings. The van der Waals surface area contributed by atoms with Gasteiger partial charge in [0.15, 0.2) is 0 Å². The van der Waals surface area contributed by atoms with Crippen LogP contribution in [0.4, 0.5) is 0 Å². The van der Waals surface area contributed by atoms with Crippen molar-refractivity contribution in [2.75, 3.05) is 27.9 Å². The lowest BCUT2D eigenvalue weighted by Gasteiger charge is -2.08. The van der Waals surface area contributed by atoms with Gasteiger partial charge in [0.1, 0.15) is 33.6 Å². The second kappa shape index (κ2) is 10.7. The average molecular weight is 470 g/mol. The molecule has 9 heteroatoms. The summed E-state index contributed by atoms with van der Waals surface area (Å²) < 4.78 is 20.8. The number of benzene rings is 2. The van der Waals surface area contributed by atoms with Crippen molar-refractivity contribution >= 4 is 34.8 Å². The molecule has 1 N–H and O–H groups in total. The van der Waals surface area contributed by atoms with Gasteiger partial charge in [-0.15, -0.1) is 0 Å². The summed E-state index contributed by atoms with van der Waals surface area (Å²) in [6.07, 6.45) is 1.63. The summed E-state index contributed by atoms with van der Waals surface area (Å²) in [7, 11) is 4.58. The average Bonchev–Trinajstić information content (AvgIpc) is 3.13. The molecule has 0 bridgehead atoms. The quantitative estimate of drug-likeness (QED) is 0.595. The minimum Gasteiger partial charge on any atom is -0.506 e. The fraction of sp³-hybridized carbons (Fsp3) is 0.208. The lowest BCUT2D eigenvalue weighted by molar-refractivity contribution is -0.138. The van der Waals surface area contributed by atoms with Gasteiger partial charge in [0, 0.05) is 11.1 Å². The fourth-order valence-corrected chi connectivity index (χ4v) is 3.98.